The van der Waals surface area contributed by atoms with Gasteiger partial charge < -0.3 is 14.5 Å². The number of nitrogens with one attached hydrogen (secondary N) is 2. The zero-order chi connectivity index (χ0) is 17.6. The molecule has 2 heterocycles. The van der Waals surface area contributed by atoms with Gasteiger partial charge in [-0.2, -0.15) is 0 Å². The van der Waals surface area contributed by atoms with Crippen molar-refractivity contribution in [2.45, 2.75) is 25.6 Å². The minimum absolute atomic E-state index is 0.0249. The Morgan fingerprint density at radius 2 is 2.08 bits per heavy atom. The molecule has 1 aliphatic heterocycles. The highest BCUT2D eigenvalue weighted by atomic mass is 19.1. The van der Waals surface area contributed by atoms with E-state index in [9.17, 15) is 14.0 Å². The van der Waals surface area contributed by atoms with Crippen molar-refractivity contribution >= 4 is 17.5 Å². The Balaban J connectivity index is 1.69. The van der Waals surface area contributed by atoms with Crippen LogP contribution in [0.4, 0.5) is 10.1 Å². The van der Waals surface area contributed by atoms with Crippen LogP contribution in [0.1, 0.15) is 40.0 Å². The largest absolute Gasteiger partial charge is 0.472 e. The molecule has 132 valence electrons. The van der Waals surface area contributed by atoms with Crippen LogP contribution in [0.2, 0.25) is 0 Å². The molecule has 1 atom stereocenters. The fourth-order valence-corrected chi connectivity index (χ4v) is 2.38. The average molecular weight is 348 g/mol. The Hall–Kier alpha value is -2.71. The van der Waals surface area contributed by atoms with Crippen molar-refractivity contribution in [2.75, 3.05) is 11.9 Å². The van der Waals surface area contributed by atoms with E-state index in [1.54, 1.807) is 0 Å². The number of benzene rings is 1. The highest BCUT2D eigenvalue weighted by molar-refractivity contribution is 6.08. The van der Waals surface area contributed by atoms with Gasteiger partial charge in [-0.15, -0.1) is 0 Å². The van der Waals surface area contributed by atoms with Crippen molar-refractivity contribution in [3.05, 3.63) is 53.7 Å². The predicted octanol–water partition coefficient (Wildman–Crippen LogP) is 2.86. The van der Waals surface area contributed by atoms with Gasteiger partial charge in [0.25, 0.3) is 11.8 Å². The molecule has 1 aromatic carbocycles. The number of amides is 2. The lowest BCUT2D eigenvalue weighted by molar-refractivity contribution is -0.186. The average Bonchev–Trinajstić information content (AvgIpc) is 3.15. The first-order valence-corrected chi connectivity index (χ1v) is 7.84. The van der Waals surface area contributed by atoms with Crippen LogP contribution < -0.4 is 10.8 Å². The van der Waals surface area contributed by atoms with Crippen molar-refractivity contribution < 1.29 is 28.0 Å². The van der Waals surface area contributed by atoms with E-state index in [-0.39, 0.29) is 16.8 Å². The Bertz CT molecular complexity index is 742. The molecule has 3 rings (SSSR count). The number of anilines is 1. The maximum absolute atomic E-state index is 13.5. The summed E-state index contributed by atoms with van der Waals surface area (Å²) in [5.74, 6) is -1.72. The number of hydrogen-bond acceptors (Lipinski definition) is 5. The number of carbonyl (C=O) groups is 2. The van der Waals surface area contributed by atoms with Gasteiger partial charge in [-0.25, -0.2) is 14.7 Å². The molecule has 0 spiro atoms. The zero-order valence-electron chi connectivity index (χ0n) is 13.3. The SMILES string of the molecule is O=C(Nc1cc(F)ccc1C(=O)NO[C@H]1CCCCO1)c1ccoc1. The maximum atomic E-state index is 13.5. The number of hydrogen-bond donors (Lipinski definition) is 2. The summed E-state index contributed by atoms with van der Waals surface area (Å²) in [5.41, 5.74) is 2.62. The molecule has 0 aliphatic carbocycles. The molecule has 2 aromatic rings. The minimum Gasteiger partial charge on any atom is -0.472 e. The van der Waals surface area contributed by atoms with Crippen molar-refractivity contribution in [1.82, 2.24) is 5.48 Å². The quantitative estimate of drug-likeness (QED) is 0.811. The molecular formula is C17H17FN2O5. The number of hydroxylamine groups is 1. The lowest BCUT2D eigenvalue weighted by Crippen LogP contribution is -2.33. The summed E-state index contributed by atoms with van der Waals surface area (Å²) in [6, 6.07) is 4.90. The van der Waals surface area contributed by atoms with Crippen LogP contribution in [0, 0.1) is 5.82 Å². The van der Waals surface area contributed by atoms with Crippen LogP contribution in [0.3, 0.4) is 0 Å². The molecule has 25 heavy (non-hydrogen) atoms. The predicted molar refractivity (Wildman–Crippen MR) is 85.2 cm³/mol. The third kappa shape index (κ3) is 4.43. The highest BCUT2D eigenvalue weighted by Gasteiger charge is 2.19. The maximum Gasteiger partial charge on any atom is 0.277 e. The Labute approximate surface area is 143 Å². The molecule has 2 N–H and O–H groups in total. The molecule has 0 radical (unpaired) electrons. The molecule has 0 bridgehead atoms. The van der Waals surface area contributed by atoms with Gasteiger partial charge in [-0.3, -0.25) is 9.59 Å². The van der Waals surface area contributed by atoms with Crippen molar-refractivity contribution in [3.63, 3.8) is 0 Å². The second-order valence-corrected chi connectivity index (χ2v) is 5.50. The molecule has 2 amide bonds. The van der Waals surface area contributed by atoms with E-state index in [0.717, 1.165) is 25.0 Å². The summed E-state index contributed by atoms with van der Waals surface area (Å²) >= 11 is 0. The first-order chi connectivity index (χ1) is 12.1. The van der Waals surface area contributed by atoms with Crippen LogP contribution in [0.5, 0.6) is 0 Å². The summed E-state index contributed by atoms with van der Waals surface area (Å²) in [6.07, 6.45) is 4.65. The van der Waals surface area contributed by atoms with Crippen LogP contribution in [-0.2, 0) is 9.57 Å². The molecule has 1 aromatic heterocycles. The number of furan rings is 1. The fraction of sp³-hybridized carbons (Fsp3) is 0.294. The van der Waals surface area contributed by atoms with Crippen LogP contribution in [0.25, 0.3) is 0 Å². The smallest absolute Gasteiger partial charge is 0.277 e. The standard InChI is InChI=1S/C17H17FN2O5/c18-12-4-5-13(17(22)20-25-15-3-1-2-7-24-15)14(9-12)19-16(21)11-6-8-23-10-11/h4-6,8-10,15H,1-3,7H2,(H,19,21)(H,20,22)/t15-/m0/s1. The van der Waals surface area contributed by atoms with Crippen molar-refractivity contribution in [3.8, 4) is 0 Å². The summed E-state index contributed by atoms with van der Waals surface area (Å²) in [4.78, 5) is 29.6. The van der Waals surface area contributed by atoms with E-state index in [4.69, 9.17) is 14.0 Å². The number of ether oxygens (including phenoxy) is 1. The number of carbonyl (C=O) groups excluding carboxylic acids is 2. The molecule has 0 saturated carbocycles. The summed E-state index contributed by atoms with van der Waals surface area (Å²) in [6.45, 7) is 0.573. The Morgan fingerprint density at radius 3 is 2.80 bits per heavy atom. The monoisotopic (exact) mass is 348 g/mol. The summed E-state index contributed by atoms with van der Waals surface area (Å²) < 4.78 is 23.7. The molecule has 0 unspecified atom stereocenters. The molecule has 1 saturated heterocycles. The van der Waals surface area contributed by atoms with Crippen molar-refractivity contribution in [2.24, 2.45) is 0 Å². The fourth-order valence-electron chi connectivity index (χ4n) is 2.38. The van der Waals surface area contributed by atoms with Gasteiger partial charge in [-0.1, -0.05) is 0 Å². The minimum atomic E-state index is -0.614. The summed E-state index contributed by atoms with van der Waals surface area (Å²) in [5, 5.41) is 2.49. The molecule has 1 fully saturated rings. The van der Waals surface area contributed by atoms with Crippen molar-refractivity contribution in [1.29, 1.82) is 0 Å². The van der Waals surface area contributed by atoms with E-state index in [2.05, 4.69) is 10.8 Å². The Kier molecular flexibility index (Phi) is 5.42. The normalized spacial score (nSPS) is 17.1. The third-order valence-corrected chi connectivity index (χ3v) is 3.68. The van der Waals surface area contributed by atoms with Gasteiger partial charge in [0.1, 0.15) is 12.1 Å². The van der Waals surface area contributed by atoms with E-state index in [1.165, 1.54) is 24.7 Å². The lowest BCUT2D eigenvalue weighted by atomic mass is 10.1. The molecule has 8 heteroatoms. The molecule has 7 nitrogen and oxygen atoms in total. The van der Waals surface area contributed by atoms with Crippen LogP contribution in [-0.4, -0.2) is 24.7 Å². The first kappa shape index (κ1) is 17.1. The van der Waals surface area contributed by atoms with Gasteiger partial charge >= 0.3 is 0 Å². The van der Waals surface area contributed by atoms with Crippen LogP contribution >= 0.6 is 0 Å². The van der Waals surface area contributed by atoms with Gasteiger partial charge in [0, 0.05) is 13.0 Å². The van der Waals surface area contributed by atoms with Gasteiger partial charge in [0.15, 0.2) is 6.29 Å². The highest BCUT2D eigenvalue weighted by Crippen LogP contribution is 2.19. The molecular weight excluding hydrogens is 331 g/mol. The second-order valence-electron chi connectivity index (χ2n) is 5.50. The summed E-state index contributed by atoms with van der Waals surface area (Å²) in [7, 11) is 0. The second kappa shape index (κ2) is 7.91. The third-order valence-electron chi connectivity index (χ3n) is 3.68. The topological polar surface area (TPSA) is 89.8 Å². The van der Waals surface area contributed by atoms with E-state index in [1.807, 2.05) is 0 Å². The van der Waals surface area contributed by atoms with Gasteiger partial charge in [-0.05, 0) is 37.1 Å². The number of halogens is 1. The number of rotatable bonds is 5. The van der Waals surface area contributed by atoms with Crippen LogP contribution in [0.15, 0.2) is 41.2 Å². The van der Waals surface area contributed by atoms with Gasteiger partial charge in [0.2, 0.25) is 0 Å². The zero-order valence-corrected chi connectivity index (χ0v) is 13.3. The Morgan fingerprint density at radius 1 is 1.20 bits per heavy atom. The van der Waals surface area contributed by atoms with E-state index in [0.29, 0.717) is 13.0 Å². The van der Waals surface area contributed by atoms with Gasteiger partial charge in [0.05, 0.1) is 23.1 Å². The first-order valence-electron chi connectivity index (χ1n) is 7.84. The lowest BCUT2D eigenvalue weighted by Gasteiger charge is -2.22. The van der Waals surface area contributed by atoms with E-state index >= 15 is 0 Å². The molecule has 1 aliphatic rings. The van der Waals surface area contributed by atoms with E-state index < -0.39 is 23.9 Å².